The molecule has 3 aliphatic rings. The standard InChI is InChI=1S/C60H103NO18/c1-3-5-7-9-11-13-15-17-19-20-21-22-24-26-28-30-32-34-36-38-48(66)61-43(44(65)37-35-33-31-29-27-25-23-18-16-14-12-10-8-6-4-2)42-74-58-54(72)51(69)56(46(40-63)76-58)79-60-55(73)52(70)57(47(41-64)77-60)78-59-53(71)50(68)49(67)45(39-62)75-59/h5,7,11,13,17,19,21-22,26,28,35,37,43-47,49-60,62-65,67-73H,3-4,6,8-10,12,14-16,18,20,23-25,27,29-34,36,38-42H2,1-2H3,(H,61,66)/b7-5-,13-11-,19-17-,22-21-,28-26-,37-35+. The highest BCUT2D eigenvalue weighted by molar-refractivity contribution is 5.76. The van der Waals surface area contributed by atoms with Crippen LogP contribution in [0.4, 0.5) is 0 Å². The molecule has 3 saturated heterocycles. The molecule has 3 aliphatic heterocycles. The predicted molar refractivity (Wildman–Crippen MR) is 300 cm³/mol. The van der Waals surface area contributed by atoms with Crippen molar-refractivity contribution in [3.8, 4) is 0 Å². The zero-order valence-corrected chi connectivity index (χ0v) is 47.3. The molecule has 456 valence electrons. The number of aliphatic hydroxyl groups is 11. The maximum absolute atomic E-state index is 13.3. The maximum atomic E-state index is 13.3. The summed E-state index contributed by atoms with van der Waals surface area (Å²) in [5.74, 6) is -0.311. The quantitative estimate of drug-likeness (QED) is 0.0282. The Balaban J connectivity index is 1.53. The number of ether oxygens (including phenoxy) is 6. The Hall–Kier alpha value is -2.77. The minimum absolute atomic E-state index is 0.200. The highest BCUT2D eigenvalue weighted by Gasteiger charge is 2.53. The van der Waals surface area contributed by atoms with Crippen LogP contribution < -0.4 is 5.32 Å². The van der Waals surface area contributed by atoms with Gasteiger partial charge in [-0.1, -0.05) is 170 Å². The molecule has 17 unspecified atom stereocenters. The first kappa shape index (κ1) is 70.5. The van der Waals surface area contributed by atoms with Crippen molar-refractivity contribution in [1.29, 1.82) is 0 Å². The Morgan fingerprint density at radius 1 is 0.468 bits per heavy atom. The lowest BCUT2D eigenvalue weighted by Gasteiger charge is -2.48. The van der Waals surface area contributed by atoms with Crippen LogP contribution in [-0.2, 0) is 33.2 Å². The van der Waals surface area contributed by atoms with Gasteiger partial charge in [-0.15, -0.1) is 0 Å². The highest BCUT2D eigenvalue weighted by Crippen LogP contribution is 2.33. The van der Waals surface area contributed by atoms with Gasteiger partial charge in [0.15, 0.2) is 18.9 Å². The molecule has 0 aromatic heterocycles. The first-order valence-electron chi connectivity index (χ1n) is 29.7. The first-order valence-corrected chi connectivity index (χ1v) is 29.7. The van der Waals surface area contributed by atoms with Gasteiger partial charge in [-0.2, -0.15) is 0 Å². The number of hydrogen-bond acceptors (Lipinski definition) is 18. The SMILES string of the molecule is CC/C=C\C/C=C\C/C=C\C/C=C\C/C=C\CCCCCC(=O)NC(COC1OC(CO)C(OC2OC(CO)C(OC3OC(CO)C(O)C(O)C3O)C(O)C2O)C(O)C1O)C(O)/C=C/CCCCCCCCCCCCCCC. The molecular weight excluding hydrogens is 1020 g/mol. The number of rotatable bonds is 42. The van der Waals surface area contributed by atoms with Crippen LogP contribution in [-0.4, -0.2) is 193 Å². The van der Waals surface area contributed by atoms with Crippen LogP contribution in [0.1, 0.15) is 168 Å². The van der Waals surface area contributed by atoms with E-state index in [1.54, 1.807) is 6.08 Å². The summed E-state index contributed by atoms with van der Waals surface area (Å²) < 4.78 is 34.2. The van der Waals surface area contributed by atoms with Crippen molar-refractivity contribution in [2.24, 2.45) is 0 Å². The van der Waals surface area contributed by atoms with Crippen LogP contribution in [0.3, 0.4) is 0 Å². The van der Waals surface area contributed by atoms with E-state index < -0.39 is 124 Å². The molecule has 0 spiro atoms. The van der Waals surface area contributed by atoms with E-state index in [9.17, 15) is 61.0 Å². The topological polar surface area (TPSA) is 307 Å². The summed E-state index contributed by atoms with van der Waals surface area (Å²) in [7, 11) is 0. The second kappa shape index (κ2) is 43.0. The second-order valence-electron chi connectivity index (χ2n) is 21.1. The number of aliphatic hydroxyl groups excluding tert-OH is 11. The molecule has 0 aliphatic carbocycles. The van der Waals surface area contributed by atoms with E-state index in [0.717, 1.165) is 77.0 Å². The van der Waals surface area contributed by atoms with E-state index in [1.165, 1.54) is 64.2 Å². The van der Waals surface area contributed by atoms with Crippen LogP contribution in [0.25, 0.3) is 0 Å². The van der Waals surface area contributed by atoms with Crippen LogP contribution in [0.2, 0.25) is 0 Å². The van der Waals surface area contributed by atoms with Crippen LogP contribution in [0, 0.1) is 0 Å². The Bertz CT molecular complexity index is 1730. The average molecular weight is 1130 g/mol. The molecule has 0 aromatic carbocycles. The number of carbonyl (C=O) groups is 1. The lowest BCUT2D eigenvalue weighted by Crippen LogP contribution is -2.66. The van der Waals surface area contributed by atoms with Gasteiger partial charge in [0.05, 0.1) is 38.6 Å². The molecule has 3 fully saturated rings. The Labute approximate surface area is 470 Å². The van der Waals surface area contributed by atoms with E-state index in [-0.39, 0.29) is 18.9 Å². The predicted octanol–water partition coefficient (Wildman–Crippen LogP) is 5.04. The van der Waals surface area contributed by atoms with Gasteiger partial charge in [-0.05, 0) is 64.2 Å². The minimum Gasteiger partial charge on any atom is -0.394 e. The molecule has 12 N–H and O–H groups in total. The molecule has 3 rings (SSSR count). The molecule has 19 heteroatoms. The Morgan fingerprint density at radius 3 is 1.37 bits per heavy atom. The highest BCUT2D eigenvalue weighted by atomic mass is 16.8. The molecule has 1 amide bonds. The third-order valence-electron chi connectivity index (χ3n) is 14.5. The minimum atomic E-state index is -1.98. The van der Waals surface area contributed by atoms with Crippen LogP contribution in [0.5, 0.6) is 0 Å². The lowest BCUT2D eigenvalue weighted by atomic mass is 9.96. The fraction of sp³-hybridized carbons (Fsp3) is 0.783. The number of amides is 1. The zero-order chi connectivity index (χ0) is 57.6. The second-order valence-corrected chi connectivity index (χ2v) is 21.1. The van der Waals surface area contributed by atoms with Gasteiger partial charge >= 0.3 is 0 Å². The third-order valence-corrected chi connectivity index (χ3v) is 14.5. The Morgan fingerprint density at radius 2 is 0.873 bits per heavy atom. The van der Waals surface area contributed by atoms with Gasteiger partial charge in [-0.25, -0.2) is 0 Å². The van der Waals surface area contributed by atoms with Gasteiger partial charge in [-0.3, -0.25) is 4.79 Å². The molecule has 0 saturated carbocycles. The fourth-order valence-corrected chi connectivity index (χ4v) is 9.63. The zero-order valence-electron chi connectivity index (χ0n) is 47.3. The van der Waals surface area contributed by atoms with Crippen molar-refractivity contribution < 1.29 is 89.4 Å². The van der Waals surface area contributed by atoms with Gasteiger partial charge in [0.25, 0.3) is 0 Å². The fourth-order valence-electron chi connectivity index (χ4n) is 9.63. The van der Waals surface area contributed by atoms with Gasteiger partial charge < -0.3 is 89.9 Å². The summed E-state index contributed by atoms with van der Waals surface area (Å²) in [4.78, 5) is 13.3. The molecular formula is C60H103NO18. The number of unbranched alkanes of at least 4 members (excludes halogenated alkanes) is 16. The first-order chi connectivity index (χ1) is 38.3. The largest absolute Gasteiger partial charge is 0.394 e. The average Bonchev–Trinajstić information content (AvgIpc) is 3.47. The van der Waals surface area contributed by atoms with E-state index in [1.807, 2.05) is 6.08 Å². The van der Waals surface area contributed by atoms with E-state index in [4.69, 9.17) is 28.4 Å². The van der Waals surface area contributed by atoms with Crippen molar-refractivity contribution in [3.05, 3.63) is 72.9 Å². The smallest absolute Gasteiger partial charge is 0.220 e. The van der Waals surface area contributed by atoms with Gasteiger partial charge in [0, 0.05) is 6.42 Å². The van der Waals surface area contributed by atoms with Crippen molar-refractivity contribution >= 4 is 5.91 Å². The van der Waals surface area contributed by atoms with Crippen molar-refractivity contribution in [2.75, 3.05) is 26.4 Å². The summed E-state index contributed by atoms with van der Waals surface area (Å²) in [5.41, 5.74) is 0. The molecule has 3 heterocycles. The lowest BCUT2D eigenvalue weighted by molar-refractivity contribution is -0.379. The van der Waals surface area contributed by atoms with Crippen molar-refractivity contribution in [2.45, 2.75) is 272 Å². The number of allylic oxidation sites excluding steroid dienone is 11. The molecule has 19 nitrogen and oxygen atoms in total. The van der Waals surface area contributed by atoms with E-state index >= 15 is 0 Å². The third kappa shape index (κ3) is 27.0. The van der Waals surface area contributed by atoms with Crippen molar-refractivity contribution in [3.63, 3.8) is 0 Å². The van der Waals surface area contributed by atoms with Crippen molar-refractivity contribution in [1.82, 2.24) is 5.32 Å². The summed E-state index contributed by atoms with van der Waals surface area (Å²) in [6.07, 6.45) is 23.1. The Kier molecular flexibility index (Phi) is 38.3. The molecule has 0 radical (unpaired) electrons. The normalized spacial score (nSPS) is 30.8. The summed E-state index contributed by atoms with van der Waals surface area (Å²) in [6, 6.07) is -0.994. The maximum Gasteiger partial charge on any atom is 0.220 e. The van der Waals surface area contributed by atoms with E-state index in [2.05, 4.69) is 79.9 Å². The monoisotopic (exact) mass is 1130 g/mol. The summed E-state index contributed by atoms with van der Waals surface area (Å²) >= 11 is 0. The molecule has 17 atom stereocenters. The van der Waals surface area contributed by atoms with E-state index in [0.29, 0.717) is 6.42 Å². The molecule has 0 aromatic rings. The number of hydrogen-bond donors (Lipinski definition) is 12. The van der Waals surface area contributed by atoms with Crippen LogP contribution in [0.15, 0.2) is 72.9 Å². The van der Waals surface area contributed by atoms with Crippen LogP contribution >= 0.6 is 0 Å². The molecule has 0 bridgehead atoms. The molecule has 79 heavy (non-hydrogen) atoms. The number of carbonyl (C=O) groups excluding carboxylic acids is 1. The van der Waals surface area contributed by atoms with Gasteiger partial charge in [0.2, 0.25) is 5.91 Å². The number of nitrogens with one attached hydrogen (secondary N) is 1. The summed E-state index contributed by atoms with van der Waals surface area (Å²) in [6.45, 7) is 1.56. The van der Waals surface area contributed by atoms with Gasteiger partial charge in [0.1, 0.15) is 73.2 Å². The summed E-state index contributed by atoms with van der Waals surface area (Å²) in [5, 5.41) is 120.